The van der Waals surface area contributed by atoms with Crippen LogP contribution in [0, 0.1) is 34.4 Å². The van der Waals surface area contributed by atoms with Crippen molar-refractivity contribution in [2.24, 2.45) is 0 Å². The van der Waals surface area contributed by atoms with Gasteiger partial charge in [0.15, 0.2) is 5.82 Å². The molecule has 13 heteroatoms. The van der Waals surface area contributed by atoms with Gasteiger partial charge in [-0.15, -0.1) is 5.53 Å². The highest BCUT2D eigenvalue weighted by Gasteiger charge is 2.32. The van der Waals surface area contributed by atoms with Crippen LogP contribution in [-0.4, -0.2) is 26.0 Å². The first kappa shape index (κ1) is 24.0. The Bertz CT molecular complexity index is 1820. The van der Waals surface area contributed by atoms with E-state index in [4.69, 9.17) is 11.6 Å². The number of anilines is 3. The lowest BCUT2D eigenvalue weighted by molar-refractivity contribution is 0.260. The molecule has 6 rings (SSSR count). The Morgan fingerprint density at radius 3 is 2.67 bits per heavy atom. The Hall–Kier alpha value is -5.04. The van der Waals surface area contributed by atoms with Crippen LogP contribution in [0.15, 0.2) is 60.9 Å². The van der Waals surface area contributed by atoms with Crippen LogP contribution in [0.1, 0.15) is 36.9 Å². The van der Waals surface area contributed by atoms with Gasteiger partial charge in [0.05, 0.1) is 52.3 Å². The van der Waals surface area contributed by atoms with E-state index in [-0.39, 0.29) is 27.5 Å². The van der Waals surface area contributed by atoms with Gasteiger partial charge in [0, 0.05) is 48.0 Å². The third kappa shape index (κ3) is 4.89. The van der Waals surface area contributed by atoms with Crippen LogP contribution in [-0.2, 0) is 0 Å². The van der Waals surface area contributed by atoms with Crippen molar-refractivity contribution in [3.05, 3.63) is 94.4 Å². The molecule has 1 fully saturated rings. The summed E-state index contributed by atoms with van der Waals surface area (Å²) in [6.07, 6.45) is 9.12. The van der Waals surface area contributed by atoms with Gasteiger partial charge in [-0.05, 0) is 36.6 Å². The number of rotatable bonds is 7. The molecule has 0 amide bonds. The molecule has 1 aromatic carbocycles. The van der Waals surface area contributed by atoms with Gasteiger partial charge >= 0.3 is 0 Å². The fourth-order valence-corrected chi connectivity index (χ4v) is 4.54. The summed E-state index contributed by atoms with van der Waals surface area (Å²) in [7, 11) is 0. The molecule has 10 nitrogen and oxygen atoms in total. The van der Waals surface area contributed by atoms with E-state index in [0.29, 0.717) is 33.9 Å². The molecule has 0 saturated heterocycles. The molecule has 1 saturated carbocycles. The maximum absolute atomic E-state index is 13.9. The molecule has 1 aliphatic heterocycles. The van der Waals surface area contributed by atoms with Crippen molar-refractivity contribution in [1.82, 2.24) is 30.9 Å². The van der Waals surface area contributed by atoms with Crippen LogP contribution in [0.5, 0.6) is 0 Å². The van der Waals surface area contributed by atoms with Crippen molar-refractivity contribution in [3.63, 3.8) is 0 Å². The van der Waals surface area contributed by atoms with E-state index in [1.165, 1.54) is 18.6 Å². The highest BCUT2D eigenvalue weighted by atomic mass is 35.5. The van der Waals surface area contributed by atoms with Gasteiger partial charge in [0.2, 0.25) is 5.95 Å². The van der Waals surface area contributed by atoms with Crippen molar-refractivity contribution in [1.29, 1.82) is 10.5 Å². The predicted molar refractivity (Wildman–Crippen MR) is 143 cm³/mol. The molecule has 2 aliphatic rings. The van der Waals surface area contributed by atoms with E-state index < -0.39 is 17.8 Å². The van der Waals surface area contributed by atoms with Crippen LogP contribution in [0.25, 0.3) is 10.9 Å². The SMILES string of the molecule is [2H]C(Nc1cc(Cl)c2ncc(C#N)c(Nc3cnc(F)c(F)c3)c2c1)(C1=CN(C2CC2)NN1)c1cncc(C#N)c1. The zero-order chi connectivity index (χ0) is 28.7. The van der Waals surface area contributed by atoms with Crippen molar-refractivity contribution in [2.45, 2.75) is 24.9 Å². The zero-order valence-corrected chi connectivity index (χ0v) is 21.3. The molecule has 0 radical (unpaired) electrons. The number of hydrogen-bond acceptors (Lipinski definition) is 10. The van der Waals surface area contributed by atoms with Crippen LogP contribution >= 0.6 is 11.6 Å². The fraction of sp³-hybridized carbons (Fsp3) is 0.148. The minimum absolute atomic E-state index is 0.100. The smallest absolute Gasteiger partial charge is 0.249 e. The number of nitrogens with one attached hydrogen (secondary N) is 4. The van der Waals surface area contributed by atoms with Gasteiger partial charge in [-0.3, -0.25) is 15.0 Å². The first-order chi connectivity index (χ1) is 19.8. The lowest BCUT2D eigenvalue weighted by atomic mass is 10.0. The summed E-state index contributed by atoms with van der Waals surface area (Å²) in [5, 5.41) is 27.8. The molecule has 40 heavy (non-hydrogen) atoms. The second-order valence-electron chi connectivity index (χ2n) is 9.13. The maximum atomic E-state index is 13.9. The van der Waals surface area contributed by atoms with E-state index in [0.717, 1.165) is 25.1 Å². The van der Waals surface area contributed by atoms with E-state index in [1.54, 1.807) is 24.4 Å². The lowest BCUT2D eigenvalue weighted by Crippen LogP contribution is -2.38. The molecule has 0 bridgehead atoms. The van der Waals surface area contributed by atoms with Gasteiger partial charge in [-0.2, -0.15) is 14.9 Å². The average molecular weight is 558 g/mol. The normalized spacial score (nSPS) is 16.3. The standard InChI is InChI=1S/C27H19ClF2N10/c28-21-5-17(4-20-24(16(8-32)11-34-26(20)21)37-18-6-22(29)27(30)35-12-18)36-25(15-3-14(7-31)9-33-10-15)23-13-40(39-38-23)19-1-2-19/h3-6,9-13,19,25,36,38-39H,1-2H2,(H,34,37)/i25D. The van der Waals surface area contributed by atoms with E-state index in [9.17, 15) is 20.7 Å². The molecule has 3 aromatic heterocycles. The van der Waals surface area contributed by atoms with Gasteiger partial charge in [-0.25, -0.2) is 9.37 Å². The number of nitriles is 2. The van der Waals surface area contributed by atoms with Crippen molar-refractivity contribution >= 4 is 39.6 Å². The quantitative estimate of drug-likeness (QED) is 0.231. The summed E-state index contributed by atoms with van der Waals surface area (Å²) in [6, 6.07) is 8.42. The van der Waals surface area contributed by atoms with Crippen LogP contribution in [0.2, 0.25) is 5.02 Å². The predicted octanol–water partition coefficient (Wildman–Crippen LogP) is 4.93. The Morgan fingerprint density at radius 2 is 1.93 bits per heavy atom. The number of aromatic nitrogens is 3. The zero-order valence-electron chi connectivity index (χ0n) is 21.5. The Morgan fingerprint density at radius 1 is 1.07 bits per heavy atom. The van der Waals surface area contributed by atoms with Crippen molar-refractivity contribution in [3.8, 4) is 12.1 Å². The molecule has 4 N–H and O–H groups in total. The number of benzene rings is 1. The van der Waals surface area contributed by atoms with Gasteiger partial charge < -0.3 is 16.1 Å². The molecule has 198 valence electrons. The van der Waals surface area contributed by atoms with E-state index >= 15 is 0 Å². The monoisotopic (exact) mass is 557 g/mol. The number of fused-ring (bicyclic) bond motifs is 1. The topological polar surface area (TPSA) is 138 Å². The maximum Gasteiger partial charge on any atom is 0.249 e. The van der Waals surface area contributed by atoms with Crippen LogP contribution in [0.3, 0.4) is 0 Å². The highest BCUT2D eigenvalue weighted by molar-refractivity contribution is 6.36. The third-order valence-corrected chi connectivity index (χ3v) is 6.62. The van der Waals surface area contributed by atoms with E-state index in [2.05, 4.69) is 42.6 Å². The minimum atomic E-state index is -1.68. The van der Waals surface area contributed by atoms with Crippen LogP contribution < -0.4 is 21.6 Å². The fourth-order valence-electron chi connectivity index (χ4n) is 4.27. The van der Waals surface area contributed by atoms with E-state index in [1.807, 2.05) is 11.1 Å². The second-order valence-corrected chi connectivity index (χ2v) is 9.53. The largest absolute Gasteiger partial charge is 0.373 e. The molecular weight excluding hydrogens is 538 g/mol. The van der Waals surface area contributed by atoms with Crippen molar-refractivity contribution < 1.29 is 10.2 Å². The average Bonchev–Trinajstić information content (AvgIpc) is 3.70. The molecule has 1 aliphatic carbocycles. The second kappa shape index (κ2) is 10.3. The molecule has 4 aromatic rings. The summed E-state index contributed by atoms with van der Waals surface area (Å²) in [4.78, 5) is 11.9. The van der Waals surface area contributed by atoms with Crippen LogP contribution in [0.4, 0.5) is 25.8 Å². The summed E-state index contributed by atoms with van der Waals surface area (Å²) in [6.45, 7) is 0. The molecular formula is C27H19ClF2N10. The highest BCUT2D eigenvalue weighted by Crippen LogP contribution is 2.37. The number of halogens is 3. The number of hydrazine groups is 2. The first-order valence-electron chi connectivity index (χ1n) is 12.6. The number of pyridine rings is 3. The number of hydrogen-bond donors (Lipinski definition) is 4. The summed E-state index contributed by atoms with van der Waals surface area (Å²) in [5.74, 6) is -2.41. The Labute approximate surface area is 233 Å². The minimum Gasteiger partial charge on any atom is -0.373 e. The van der Waals surface area contributed by atoms with Gasteiger partial charge in [-0.1, -0.05) is 11.6 Å². The molecule has 4 heterocycles. The van der Waals surface area contributed by atoms with Crippen molar-refractivity contribution in [2.75, 3.05) is 10.6 Å². The lowest BCUT2D eigenvalue weighted by Gasteiger charge is -2.22. The summed E-state index contributed by atoms with van der Waals surface area (Å²) < 4.78 is 36.9. The summed E-state index contributed by atoms with van der Waals surface area (Å²) in [5.41, 5.74) is 8.35. The molecule has 1 atom stereocenters. The van der Waals surface area contributed by atoms with Gasteiger partial charge in [0.1, 0.15) is 12.1 Å². The Balaban J connectivity index is 1.47. The third-order valence-electron chi connectivity index (χ3n) is 6.33. The first-order valence-corrected chi connectivity index (χ1v) is 12.4. The van der Waals surface area contributed by atoms with Gasteiger partial charge in [0.25, 0.3) is 0 Å². The molecule has 0 spiro atoms. The summed E-state index contributed by atoms with van der Waals surface area (Å²) >= 11 is 6.63. The Kier molecular flexibility index (Phi) is 6.17. The molecule has 1 unspecified atom stereocenters. The number of nitrogens with zero attached hydrogens (tertiary/aromatic N) is 6.